The summed E-state index contributed by atoms with van der Waals surface area (Å²) in [6.07, 6.45) is 0.400. The first-order valence-electron chi connectivity index (χ1n) is 9.23. The quantitative estimate of drug-likeness (QED) is 0.626. The number of methoxy groups -OCH3 is 1. The van der Waals surface area contributed by atoms with E-state index in [-0.39, 0.29) is 5.91 Å². The van der Waals surface area contributed by atoms with Crippen LogP contribution in [0.2, 0.25) is 0 Å². The van der Waals surface area contributed by atoms with Crippen LogP contribution in [-0.4, -0.2) is 34.1 Å². The number of aromatic nitrogens is 2. The highest BCUT2D eigenvalue weighted by Crippen LogP contribution is 2.23. The molecule has 0 aliphatic carbocycles. The van der Waals surface area contributed by atoms with Crippen LogP contribution < -0.4 is 20.1 Å². The predicted octanol–water partition coefficient (Wildman–Crippen LogP) is 2.30. The van der Waals surface area contributed by atoms with E-state index in [4.69, 9.17) is 9.47 Å². The molecule has 0 radical (unpaired) electrons. The summed E-state index contributed by atoms with van der Waals surface area (Å²) in [5, 5.41) is 4.94. The molecule has 29 heavy (non-hydrogen) atoms. The van der Waals surface area contributed by atoms with Gasteiger partial charge in [0.05, 0.1) is 18.1 Å². The summed E-state index contributed by atoms with van der Waals surface area (Å²) in [7, 11) is 3.58. The van der Waals surface area contributed by atoms with Crippen LogP contribution in [0.4, 0.5) is 4.79 Å². The van der Waals surface area contributed by atoms with Crippen LogP contribution >= 0.6 is 0 Å². The number of rotatable bonds is 6. The summed E-state index contributed by atoms with van der Waals surface area (Å²) in [5.41, 5.74) is 1.84. The van der Waals surface area contributed by atoms with Gasteiger partial charge in [-0.15, -0.1) is 0 Å². The Bertz CT molecular complexity index is 1090. The lowest BCUT2D eigenvalue weighted by Gasteiger charge is -2.20. The number of imidazole rings is 1. The van der Waals surface area contributed by atoms with Crippen molar-refractivity contribution in [1.82, 2.24) is 20.2 Å². The molecule has 8 heteroatoms. The van der Waals surface area contributed by atoms with E-state index < -0.39 is 11.6 Å². The van der Waals surface area contributed by atoms with Gasteiger partial charge in [-0.05, 0) is 36.8 Å². The summed E-state index contributed by atoms with van der Waals surface area (Å²) in [6, 6.07) is 12.8. The van der Waals surface area contributed by atoms with E-state index in [0.717, 1.165) is 28.2 Å². The van der Waals surface area contributed by atoms with Crippen molar-refractivity contribution in [3.63, 3.8) is 0 Å². The highest BCUT2D eigenvalue weighted by atomic mass is 16.5. The van der Waals surface area contributed by atoms with E-state index >= 15 is 0 Å². The van der Waals surface area contributed by atoms with Crippen molar-refractivity contribution in [2.45, 2.75) is 25.5 Å². The second-order valence-corrected chi connectivity index (χ2v) is 7.29. The van der Waals surface area contributed by atoms with Gasteiger partial charge in [-0.1, -0.05) is 12.1 Å². The van der Waals surface area contributed by atoms with E-state index in [2.05, 4.69) is 15.6 Å². The van der Waals surface area contributed by atoms with Gasteiger partial charge in [0.25, 0.3) is 5.91 Å². The molecule has 1 aliphatic heterocycles. The number of nitrogens with one attached hydrogen (secondary N) is 2. The Morgan fingerprint density at radius 3 is 2.48 bits per heavy atom. The summed E-state index contributed by atoms with van der Waals surface area (Å²) < 4.78 is 13.1. The summed E-state index contributed by atoms with van der Waals surface area (Å²) >= 11 is 0. The number of benzene rings is 2. The number of urea groups is 1. The van der Waals surface area contributed by atoms with Crippen LogP contribution in [0.3, 0.4) is 0 Å². The van der Waals surface area contributed by atoms with Gasteiger partial charge in [0.15, 0.2) is 0 Å². The number of hydrogen-bond acceptors (Lipinski definition) is 5. The lowest BCUT2D eigenvalue weighted by atomic mass is 9.93. The molecule has 1 atom stereocenters. The van der Waals surface area contributed by atoms with Crippen LogP contribution in [0.5, 0.6) is 11.5 Å². The van der Waals surface area contributed by atoms with Crippen molar-refractivity contribution >= 4 is 23.0 Å². The summed E-state index contributed by atoms with van der Waals surface area (Å²) in [4.78, 5) is 27.9. The molecule has 2 heterocycles. The number of nitrogens with zero attached hydrogens (tertiary/aromatic N) is 2. The second-order valence-electron chi connectivity index (χ2n) is 7.29. The van der Waals surface area contributed by atoms with Crippen LogP contribution in [0, 0.1) is 0 Å². The molecule has 8 nitrogen and oxygen atoms in total. The molecular formula is C21H22N4O4. The Morgan fingerprint density at radius 1 is 1.10 bits per heavy atom. The maximum Gasteiger partial charge on any atom is 0.322 e. The van der Waals surface area contributed by atoms with E-state index in [1.165, 1.54) is 0 Å². The van der Waals surface area contributed by atoms with E-state index in [1.807, 2.05) is 54.1 Å². The summed E-state index contributed by atoms with van der Waals surface area (Å²) in [5.74, 6) is 1.96. The van der Waals surface area contributed by atoms with Gasteiger partial charge >= 0.3 is 6.03 Å². The minimum Gasteiger partial charge on any atom is -0.497 e. The van der Waals surface area contributed by atoms with Crippen molar-refractivity contribution < 1.29 is 19.1 Å². The molecule has 3 aromatic rings. The molecule has 0 saturated carbocycles. The zero-order valence-electron chi connectivity index (χ0n) is 16.5. The maximum atomic E-state index is 11.9. The fraction of sp³-hybridized carbons (Fsp3) is 0.286. The number of carbonyl (C=O) groups is 2. The SMILES string of the molecule is COc1ccc2nc(COc3ccc(C[C@@]4(C)NC(=O)NC4=O)cc3)n(C)c2c1. The van der Waals surface area contributed by atoms with Gasteiger partial charge in [0.2, 0.25) is 0 Å². The Kier molecular flexibility index (Phi) is 4.62. The molecule has 0 spiro atoms. The van der Waals surface area contributed by atoms with Crippen molar-refractivity contribution in [1.29, 1.82) is 0 Å². The highest BCUT2D eigenvalue weighted by molar-refractivity contribution is 6.06. The normalized spacial score (nSPS) is 18.6. The van der Waals surface area contributed by atoms with Crippen molar-refractivity contribution in [2.24, 2.45) is 7.05 Å². The molecule has 2 N–H and O–H groups in total. The molecule has 1 aliphatic rings. The largest absolute Gasteiger partial charge is 0.497 e. The Morgan fingerprint density at radius 2 is 1.83 bits per heavy atom. The van der Waals surface area contributed by atoms with Crippen LogP contribution in [0.15, 0.2) is 42.5 Å². The topological polar surface area (TPSA) is 94.5 Å². The van der Waals surface area contributed by atoms with Gasteiger partial charge in [-0.2, -0.15) is 0 Å². The number of aryl methyl sites for hydroxylation is 1. The average molecular weight is 394 g/mol. The molecule has 1 aromatic heterocycles. The molecule has 0 bridgehead atoms. The van der Waals surface area contributed by atoms with Gasteiger partial charge in [-0.3, -0.25) is 10.1 Å². The highest BCUT2D eigenvalue weighted by Gasteiger charge is 2.41. The number of amides is 3. The first-order chi connectivity index (χ1) is 13.9. The molecule has 150 valence electrons. The Hall–Kier alpha value is -3.55. The minimum absolute atomic E-state index is 0.318. The number of hydrogen-bond donors (Lipinski definition) is 2. The third-order valence-electron chi connectivity index (χ3n) is 5.15. The van der Waals surface area contributed by atoms with Crippen LogP contribution in [-0.2, 0) is 24.9 Å². The predicted molar refractivity (Wildman–Crippen MR) is 107 cm³/mol. The van der Waals surface area contributed by atoms with Crippen molar-refractivity contribution in [3.8, 4) is 11.5 Å². The number of imide groups is 1. The van der Waals surface area contributed by atoms with Crippen LogP contribution in [0.25, 0.3) is 11.0 Å². The molecule has 3 amide bonds. The van der Waals surface area contributed by atoms with E-state index in [9.17, 15) is 9.59 Å². The van der Waals surface area contributed by atoms with Gasteiger partial charge in [0.1, 0.15) is 29.5 Å². The zero-order valence-corrected chi connectivity index (χ0v) is 16.5. The third-order valence-corrected chi connectivity index (χ3v) is 5.15. The standard InChI is InChI=1S/C21H22N4O4/c1-21(19(26)23-20(27)24-21)11-13-4-6-14(7-5-13)29-12-18-22-16-9-8-15(28-3)10-17(16)25(18)2/h4-10H,11-12H2,1-3H3,(H2,23,24,26,27)/t21-/m1/s1. The van der Waals surface area contributed by atoms with E-state index in [0.29, 0.717) is 18.8 Å². The average Bonchev–Trinajstić information content (AvgIpc) is 3.15. The van der Waals surface area contributed by atoms with Gasteiger partial charge in [-0.25, -0.2) is 9.78 Å². The lowest BCUT2D eigenvalue weighted by molar-refractivity contribution is -0.123. The summed E-state index contributed by atoms with van der Waals surface area (Å²) in [6.45, 7) is 2.03. The zero-order chi connectivity index (χ0) is 20.6. The molecule has 4 rings (SSSR count). The van der Waals surface area contributed by atoms with Gasteiger partial charge in [0, 0.05) is 19.5 Å². The molecular weight excluding hydrogens is 372 g/mol. The monoisotopic (exact) mass is 394 g/mol. The van der Waals surface area contributed by atoms with Gasteiger partial charge < -0.3 is 19.4 Å². The van der Waals surface area contributed by atoms with Crippen LogP contribution in [0.1, 0.15) is 18.3 Å². The first kappa shape index (κ1) is 18.8. The fourth-order valence-electron chi connectivity index (χ4n) is 3.44. The third kappa shape index (κ3) is 3.61. The number of ether oxygens (including phenoxy) is 2. The number of fused-ring (bicyclic) bond motifs is 1. The first-order valence-corrected chi connectivity index (χ1v) is 9.23. The fourth-order valence-corrected chi connectivity index (χ4v) is 3.44. The molecule has 1 saturated heterocycles. The van der Waals surface area contributed by atoms with Crippen molar-refractivity contribution in [2.75, 3.05) is 7.11 Å². The number of carbonyl (C=O) groups excluding carboxylic acids is 2. The Balaban J connectivity index is 1.43. The molecule has 2 aromatic carbocycles. The Labute approximate surface area is 167 Å². The molecule has 1 fully saturated rings. The van der Waals surface area contributed by atoms with Crippen molar-refractivity contribution in [3.05, 3.63) is 53.9 Å². The minimum atomic E-state index is -0.937. The molecule has 0 unspecified atom stereocenters. The smallest absolute Gasteiger partial charge is 0.322 e. The maximum absolute atomic E-state index is 11.9. The second kappa shape index (κ2) is 7.12. The van der Waals surface area contributed by atoms with E-state index in [1.54, 1.807) is 14.0 Å². The lowest BCUT2D eigenvalue weighted by Crippen LogP contribution is -2.45.